The summed E-state index contributed by atoms with van der Waals surface area (Å²) in [5, 5.41) is 3.65. The molecular formula is C14H10ClF2N3O2S2. The Hall–Kier alpha value is -1.97. The Kier molecular flexibility index (Phi) is 4.57. The maximum absolute atomic E-state index is 13.0. The predicted octanol–water partition coefficient (Wildman–Crippen LogP) is 4.14. The van der Waals surface area contributed by atoms with E-state index in [4.69, 9.17) is 11.6 Å². The van der Waals surface area contributed by atoms with Crippen LogP contribution in [0.5, 0.6) is 0 Å². The van der Waals surface area contributed by atoms with Gasteiger partial charge in [0.1, 0.15) is 11.4 Å². The van der Waals surface area contributed by atoms with Gasteiger partial charge in [-0.25, -0.2) is 8.78 Å². The van der Waals surface area contributed by atoms with Gasteiger partial charge in [-0.2, -0.15) is 23.1 Å². The molecule has 0 amide bonds. The van der Waals surface area contributed by atoms with Crippen LogP contribution in [0.3, 0.4) is 0 Å². The highest BCUT2D eigenvalue weighted by atomic mass is 35.5. The van der Waals surface area contributed by atoms with Gasteiger partial charge in [0.25, 0.3) is 16.4 Å². The van der Waals surface area contributed by atoms with Gasteiger partial charge in [0.15, 0.2) is 0 Å². The summed E-state index contributed by atoms with van der Waals surface area (Å²) in [4.78, 5) is 3.52. The number of thiophene rings is 1. The quantitative estimate of drug-likeness (QED) is 0.713. The van der Waals surface area contributed by atoms with Crippen LogP contribution in [-0.4, -0.2) is 18.3 Å². The number of rotatable bonds is 5. The van der Waals surface area contributed by atoms with E-state index in [1.807, 2.05) is 0 Å². The minimum atomic E-state index is -3.97. The molecule has 1 aromatic carbocycles. The largest absolute Gasteiger partial charge is 0.282 e. The summed E-state index contributed by atoms with van der Waals surface area (Å²) in [6.07, 6.45) is -2.83. The van der Waals surface area contributed by atoms with Crippen LogP contribution in [0, 0.1) is 0 Å². The molecule has 1 N–H and O–H groups in total. The first-order valence-corrected chi connectivity index (χ1v) is 9.26. The van der Waals surface area contributed by atoms with Gasteiger partial charge in [0.2, 0.25) is 0 Å². The molecule has 126 valence electrons. The van der Waals surface area contributed by atoms with Crippen LogP contribution in [0.25, 0.3) is 10.6 Å². The van der Waals surface area contributed by atoms with Crippen LogP contribution in [-0.2, 0) is 10.0 Å². The molecule has 0 bridgehead atoms. The van der Waals surface area contributed by atoms with Gasteiger partial charge in [-0.05, 0) is 30.3 Å². The molecule has 2 aromatic heterocycles. The topological polar surface area (TPSA) is 64.0 Å². The van der Waals surface area contributed by atoms with E-state index in [-0.39, 0.29) is 10.6 Å². The number of hydrogen-bond acceptors (Lipinski definition) is 4. The number of benzene rings is 1. The van der Waals surface area contributed by atoms with E-state index in [1.165, 1.54) is 12.1 Å². The maximum Gasteiger partial charge on any atom is 0.282 e. The number of sulfonamides is 1. The summed E-state index contributed by atoms with van der Waals surface area (Å²) in [5.74, 6) is 0. The van der Waals surface area contributed by atoms with E-state index in [0.717, 1.165) is 22.2 Å². The Bertz CT molecular complexity index is 956. The van der Waals surface area contributed by atoms with Crippen LogP contribution in [0.1, 0.15) is 12.1 Å². The molecule has 0 aliphatic heterocycles. The zero-order valence-corrected chi connectivity index (χ0v) is 14.2. The van der Waals surface area contributed by atoms with Gasteiger partial charge in [0, 0.05) is 0 Å². The minimum Gasteiger partial charge on any atom is -0.203 e. The van der Waals surface area contributed by atoms with Crippen molar-refractivity contribution in [3.05, 3.63) is 58.6 Å². The second-order valence-corrected chi connectivity index (χ2v) is 8.05. The molecule has 0 unspecified atom stereocenters. The third-order valence-electron chi connectivity index (χ3n) is 3.04. The van der Waals surface area contributed by atoms with Crippen molar-refractivity contribution in [1.29, 1.82) is 0 Å². The monoisotopic (exact) mass is 389 g/mol. The van der Waals surface area contributed by atoms with Crippen molar-refractivity contribution >= 4 is 33.0 Å². The number of hydrogen-bond donors (Lipinski definition) is 1. The van der Waals surface area contributed by atoms with Crippen LogP contribution >= 0.6 is 22.9 Å². The van der Waals surface area contributed by atoms with Crippen molar-refractivity contribution in [2.45, 2.75) is 11.3 Å². The van der Waals surface area contributed by atoms with Crippen LogP contribution in [0.2, 0.25) is 4.34 Å². The zero-order chi connectivity index (χ0) is 17.3. The van der Waals surface area contributed by atoms with Gasteiger partial charge < -0.3 is 0 Å². The van der Waals surface area contributed by atoms with Crippen molar-refractivity contribution in [2.75, 3.05) is 4.83 Å². The summed E-state index contributed by atoms with van der Waals surface area (Å²) < 4.78 is 51.1. The van der Waals surface area contributed by atoms with Crippen molar-refractivity contribution in [2.24, 2.45) is 0 Å². The fraction of sp³-hybridized carbons (Fsp3) is 0.0714. The van der Waals surface area contributed by atoms with Crippen molar-refractivity contribution in [3.63, 3.8) is 0 Å². The lowest BCUT2D eigenvalue weighted by atomic mass is 10.3. The second kappa shape index (κ2) is 6.50. The lowest BCUT2D eigenvalue weighted by Gasteiger charge is -2.10. The summed E-state index contributed by atoms with van der Waals surface area (Å²) in [5.41, 5.74) is -0.355. The maximum atomic E-state index is 13.0. The Balaban J connectivity index is 2.04. The molecule has 5 nitrogen and oxygen atoms in total. The molecule has 0 atom stereocenters. The highest BCUT2D eigenvalue weighted by Gasteiger charge is 2.22. The van der Waals surface area contributed by atoms with Gasteiger partial charge >= 0.3 is 0 Å². The number of nitrogens with one attached hydrogen (secondary N) is 1. The molecule has 0 saturated heterocycles. The van der Waals surface area contributed by atoms with Crippen molar-refractivity contribution in [3.8, 4) is 10.6 Å². The number of aromatic nitrogens is 2. The third kappa shape index (κ3) is 3.42. The van der Waals surface area contributed by atoms with E-state index in [1.54, 1.807) is 30.3 Å². The average molecular weight is 390 g/mol. The molecule has 0 fully saturated rings. The molecule has 0 aliphatic rings. The molecule has 3 rings (SSSR count). The van der Waals surface area contributed by atoms with Gasteiger partial charge in [0.05, 0.1) is 14.1 Å². The predicted molar refractivity (Wildman–Crippen MR) is 88.5 cm³/mol. The summed E-state index contributed by atoms with van der Waals surface area (Å²) in [7, 11) is -3.97. The highest BCUT2D eigenvalue weighted by molar-refractivity contribution is 7.92. The van der Waals surface area contributed by atoms with E-state index in [9.17, 15) is 17.2 Å². The molecule has 3 aromatic rings. The number of alkyl halides is 2. The molecular weight excluding hydrogens is 380 g/mol. The van der Waals surface area contributed by atoms with Crippen LogP contribution in [0.15, 0.2) is 53.4 Å². The SMILES string of the molecule is O=S(=O)(Nn1nc(C(F)F)cc1-c1ccc(Cl)s1)c1ccccc1. The minimum absolute atomic E-state index is 0.00532. The van der Waals surface area contributed by atoms with Crippen LogP contribution in [0.4, 0.5) is 8.78 Å². The normalized spacial score (nSPS) is 11.8. The lowest BCUT2D eigenvalue weighted by Crippen LogP contribution is -2.25. The smallest absolute Gasteiger partial charge is 0.203 e. The van der Waals surface area contributed by atoms with Gasteiger partial charge in [-0.3, -0.25) is 0 Å². The van der Waals surface area contributed by atoms with Gasteiger partial charge in [-0.1, -0.05) is 29.8 Å². The lowest BCUT2D eigenvalue weighted by molar-refractivity contribution is 0.145. The Morgan fingerprint density at radius 1 is 1.17 bits per heavy atom. The van der Waals surface area contributed by atoms with Crippen molar-refractivity contribution in [1.82, 2.24) is 9.89 Å². The Morgan fingerprint density at radius 3 is 2.46 bits per heavy atom. The van der Waals surface area contributed by atoms with Gasteiger partial charge in [-0.15, -0.1) is 11.3 Å². The summed E-state index contributed by atoms with van der Waals surface area (Å²) in [6.45, 7) is 0. The average Bonchev–Trinajstić information content (AvgIpc) is 3.14. The molecule has 0 radical (unpaired) electrons. The standard InChI is InChI=1S/C14H10ClF2N3O2S2/c15-13-7-6-12(23-13)11-8-10(14(16)17)18-20(11)19-24(21,22)9-4-2-1-3-5-9/h1-8,14,19H. The summed E-state index contributed by atoms with van der Waals surface area (Å²) in [6, 6.07) is 11.9. The van der Waals surface area contributed by atoms with E-state index in [0.29, 0.717) is 9.21 Å². The molecule has 0 aliphatic carbocycles. The van der Waals surface area contributed by atoms with Crippen molar-refractivity contribution < 1.29 is 17.2 Å². The Labute approximate surface area is 145 Å². The van der Waals surface area contributed by atoms with E-state index in [2.05, 4.69) is 9.93 Å². The highest BCUT2D eigenvalue weighted by Crippen LogP contribution is 2.33. The molecule has 0 spiro atoms. The molecule has 2 heterocycles. The first-order chi connectivity index (χ1) is 11.4. The zero-order valence-electron chi connectivity index (χ0n) is 11.9. The molecule has 24 heavy (non-hydrogen) atoms. The van der Waals surface area contributed by atoms with Crippen LogP contribution < -0.4 is 4.83 Å². The fourth-order valence-electron chi connectivity index (χ4n) is 1.97. The Morgan fingerprint density at radius 2 is 1.88 bits per heavy atom. The van der Waals surface area contributed by atoms with E-state index < -0.39 is 22.1 Å². The first-order valence-electron chi connectivity index (χ1n) is 6.58. The summed E-state index contributed by atoms with van der Waals surface area (Å²) >= 11 is 6.99. The number of halogens is 3. The third-order valence-corrected chi connectivity index (χ3v) is 5.60. The second-order valence-electron chi connectivity index (χ2n) is 4.68. The first kappa shape index (κ1) is 16.9. The number of nitrogens with zero attached hydrogens (tertiary/aromatic N) is 2. The fourth-order valence-corrected chi connectivity index (χ4v) is 4.00. The molecule has 10 heteroatoms. The van der Waals surface area contributed by atoms with E-state index >= 15 is 0 Å². The molecule has 0 saturated carbocycles.